The van der Waals surface area contributed by atoms with E-state index < -0.39 is 10.8 Å². The molecule has 0 unspecified atom stereocenters. The van der Waals surface area contributed by atoms with Crippen molar-refractivity contribution in [3.63, 3.8) is 0 Å². The maximum Gasteiger partial charge on any atom is 0.271 e. The van der Waals surface area contributed by atoms with Crippen molar-refractivity contribution in [2.75, 3.05) is 5.32 Å². The predicted octanol–water partition coefficient (Wildman–Crippen LogP) is 4.02. The number of non-ortho nitro benzene ring substituents is 1. The summed E-state index contributed by atoms with van der Waals surface area (Å²) in [5.74, 6) is 0.618. The minimum atomic E-state index is -0.553. The van der Waals surface area contributed by atoms with Gasteiger partial charge in [-0.05, 0) is 13.0 Å². The van der Waals surface area contributed by atoms with E-state index in [1.54, 1.807) is 6.92 Å². The molecule has 0 radical (unpaired) electrons. The van der Waals surface area contributed by atoms with Gasteiger partial charge in [-0.3, -0.25) is 14.9 Å². The molecule has 1 aromatic carbocycles. The maximum absolute atomic E-state index is 12.2. The van der Waals surface area contributed by atoms with Gasteiger partial charge in [0.1, 0.15) is 5.76 Å². The summed E-state index contributed by atoms with van der Waals surface area (Å²) in [4.78, 5) is 26.8. The molecule has 0 spiro atoms. The Bertz CT molecular complexity index is 793. The molecule has 7 nitrogen and oxygen atoms in total. The molecule has 8 heteroatoms. The average Bonchev–Trinajstić information content (AvgIpc) is 2.82. The molecule has 2 rings (SSSR count). The third kappa shape index (κ3) is 4.11. The zero-order valence-corrected chi connectivity index (χ0v) is 14.6. The lowest BCUT2D eigenvalue weighted by Crippen LogP contribution is -2.15. The van der Waals surface area contributed by atoms with Gasteiger partial charge < -0.3 is 9.73 Å². The molecule has 1 N–H and O–H groups in total. The molecule has 128 valence electrons. The first-order valence-electron chi connectivity index (χ1n) is 7.28. The summed E-state index contributed by atoms with van der Waals surface area (Å²) in [6.07, 6.45) is -0.0338. The number of amides is 1. The van der Waals surface area contributed by atoms with E-state index in [0.29, 0.717) is 17.3 Å². The highest BCUT2D eigenvalue weighted by Gasteiger charge is 2.23. The van der Waals surface area contributed by atoms with Crippen molar-refractivity contribution in [3.8, 4) is 0 Å². The van der Waals surface area contributed by atoms with E-state index in [1.807, 2.05) is 20.8 Å². The normalized spacial score (nSPS) is 11.4. The first kappa shape index (κ1) is 17.9. The van der Waals surface area contributed by atoms with Crippen molar-refractivity contribution < 1.29 is 14.1 Å². The third-order valence-electron chi connectivity index (χ3n) is 3.29. The second kappa shape index (κ2) is 6.60. The Hall–Kier alpha value is -2.41. The van der Waals surface area contributed by atoms with Gasteiger partial charge in [0.05, 0.1) is 27.7 Å². The van der Waals surface area contributed by atoms with Gasteiger partial charge in [0, 0.05) is 17.5 Å². The Labute approximate surface area is 144 Å². The number of benzene rings is 1. The van der Waals surface area contributed by atoms with E-state index in [2.05, 4.69) is 10.3 Å². The van der Waals surface area contributed by atoms with Gasteiger partial charge in [-0.2, -0.15) is 0 Å². The molecule has 1 aromatic heterocycles. The molecule has 0 saturated carbocycles. The van der Waals surface area contributed by atoms with E-state index >= 15 is 0 Å². The lowest BCUT2D eigenvalue weighted by atomic mass is 9.97. The van der Waals surface area contributed by atoms with Crippen LogP contribution in [0.15, 0.2) is 22.6 Å². The number of nitro groups is 1. The van der Waals surface area contributed by atoms with Crippen molar-refractivity contribution in [2.24, 2.45) is 0 Å². The molecule has 0 aliphatic heterocycles. The van der Waals surface area contributed by atoms with Crippen LogP contribution in [0, 0.1) is 17.0 Å². The van der Waals surface area contributed by atoms with Crippen molar-refractivity contribution in [1.29, 1.82) is 0 Å². The molecule has 24 heavy (non-hydrogen) atoms. The minimum absolute atomic E-state index is 0.0338. The lowest BCUT2D eigenvalue weighted by Gasteiger charge is -2.12. The number of nitrogens with one attached hydrogen (secondary N) is 1. The quantitative estimate of drug-likeness (QED) is 0.662. The van der Waals surface area contributed by atoms with Gasteiger partial charge in [-0.25, -0.2) is 4.98 Å². The summed E-state index contributed by atoms with van der Waals surface area (Å²) in [6.45, 7) is 7.66. The summed E-state index contributed by atoms with van der Waals surface area (Å²) < 4.78 is 5.67. The topological polar surface area (TPSA) is 98.3 Å². The number of nitro benzene ring substituents is 1. The number of hydrogen-bond acceptors (Lipinski definition) is 5. The fraction of sp³-hybridized carbons (Fsp3) is 0.375. The minimum Gasteiger partial charge on any atom is -0.444 e. The largest absolute Gasteiger partial charge is 0.444 e. The van der Waals surface area contributed by atoms with E-state index in [9.17, 15) is 14.9 Å². The lowest BCUT2D eigenvalue weighted by molar-refractivity contribution is -0.384. The van der Waals surface area contributed by atoms with E-state index in [4.69, 9.17) is 16.0 Å². The summed E-state index contributed by atoms with van der Waals surface area (Å²) in [7, 11) is 0. The van der Waals surface area contributed by atoms with E-state index in [-0.39, 0.29) is 28.2 Å². The number of hydrogen-bond donors (Lipinski definition) is 1. The van der Waals surface area contributed by atoms with E-state index in [0.717, 1.165) is 0 Å². The molecule has 1 heterocycles. The molecule has 0 aliphatic rings. The molecular formula is C16H18ClN3O4. The first-order valence-corrected chi connectivity index (χ1v) is 7.66. The monoisotopic (exact) mass is 351 g/mol. The van der Waals surface area contributed by atoms with Crippen LogP contribution in [0.1, 0.15) is 38.1 Å². The highest BCUT2D eigenvalue weighted by Crippen LogP contribution is 2.27. The SMILES string of the molecule is Cc1nc(C(C)(C)C)oc1CC(=O)Nc1cc([N+](=O)[O-])ccc1Cl. The fourth-order valence-electron chi connectivity index (χ4n) is 1.98. The molecular weight excluding hydrogens is 334 g/mol. The maximum atomic E-state index is 12.2. The standard InChI is InChI=1S/C16H18ClN3O4/c1-9-13(24-15(18-9)16(2,3)4)8-14(21)19-12-7-10(20(22)23)5-6-11(12)17/h5-7H,8H2,1-4H3,(H,19,21). The number of aromatic nitrogens is 1. The van der Waals surface area contributed by atoms with Gasteiger partial charge in [0.2, 0.25) is 5.91 Å². The van der Waals surface area contributed by atoms with Crippen LogP contribution in [0.4, 0.5) is 11.4 Å². The van der Waals surface area contributed by atoms with Crippen LogP contribution in [0.2, 0.25) is 5.02 Å². The summed E-state index contributed by atoms with van der Waals surface area (Å²) >= 11 is 5.97. The van der Waals surface area contributed by atoms with Crippen molar-refractivity contribution in [3.05, 3.63) is 50.7 Å². The number of carbonyl (C=O) groups is 1. The zero-order valence-electron chi connectivity index (χ0n) is 13.8. The molecule has 0 bridgehead atoms. The number of oxazole rings is 1. The number of nitrogens with zero attached hydrogens (tertiary/aromatic N) is 2. The second-order valence-corrected chi connectivity index (χ2v) is 6.83. The van der Waals surface area contributed by atoms with E-state index in [1.165, 1.54) is 18.2 Å². The van der Waals surface area contributed by atoms with Crippen LogP contribution >= 0.6 is 11.6 Å². The third-order valence-corrected chi connectivity index (χ3v) is 3.62. The Morgan fingerprint density at radius 2 is 2.08 bits per heavy atom. The number of halogens is 1. The van der Waals surface area contributed by atoms with Gasteiger partial charge in [-0.15, -0.1) is 0 Å². The summed E-state index contributed by atoms with van der Waals surface area (Å²) in [5.41, 5.74) is 0.410. The van der Waals surface area contributed by atoms with Crippen LogP contribution in [0.3, 0.4) is 0 Å². The molecule has 2 aromatic rings. The number of aryl methyl sites for hydroxylation is 1. The van der Waals surface area contributed by atoms with Crippen LogP contribution in [0.25, 0.3) is 0 Å². The molecule has 1 amide bonds. The predicted molar refractivity (Wildman–Crippen MR) is 90.4 cm³/mol. The average molecular weight is 352 g/mol. The number of rotatable bonds is 4. The zero-order chi connectivity index (χ0) is 18.1. The van der Waals surface area contributed by atoms with Gasteiger partial charge in [0.25, 0.3) is 5.69 Å². The Morgan fingerprint density at radius 3 is 2.62 bits per heavy atom. The van der Waals surface area contributed by atoms with Crippen molar-refractivity contribution >= 4 is 28.9 Å². The molecule has 0 atom stereocenters. The van der Waals surface area contributed by atoms with Crippen molar-refractivity contribution in [1.82, 2.24) is 4.98 Å². The number of carbonyl (C=O) groups excluding carboxylic acids is 1. The van der Waals surface area contributed by atoms with Crippen LogP contribution < -0.4 is 5.32 Å². The summed E-state index contributed by atoms with van der Waals surface area (Å²) in [5, 5.41) is 13.6. The number of anilines is 1. The van der Waals surface area contributed by atoms with Crippen LogP contribution in [0.5, 0.6) is 0 Å². The smallest absolute Gasteiger partial charge is 0.271 e. The van der Waals surface area contributed by atoms with Crippen LogP contribution in [-0.2, 0) is 16.6 Å². The highest BCUT2D eigenvalue weighted by molar-refractivity contribution is 6.33. The van der Waals surface area contributed by atoms with Crippen LogP contribution in [-0.4, -0.2) is 15.8 Å². The first-order chi connectivity index (χ1) is 11.1. The van der Waals surface area contributed by atoms with Gasteiger partial charge >= 0.3 is 0 Å². The second-order valence-electron chi connectivity index (χ2n) is 6.42. The Morgan fingerprint density at radius 1 is 1.42 bits per heavy atom. The fourth-order valence-corrected chi connectivity index (χ4v) is 2.14. The Balaban J connectivity index is 2.16. The Kier molecular flexibility index (Phi) is 4.94. The molecule has 0 saturated heterocycles. The summed E-state index contributed by atoms with van der Waals surface area (Å²) in [6, 6.07) is 3.86. The van der Waals surface area contributed by atoms with Gasteiger partial charge in [0.15, 0.2) is 5.89 Å². The highest BCUT2D eigenvalue weighted by atomic mass is 35.5. The molecule has 0 fully saturated rings. The van der Waals surface area contributed by atoms with Crippen molar-refractivity contribution in [2.45, 2.75) is 39.5 Å². The molecule has 0 aliphatic carbocycles. The van der Waals surface area contributed by atoms with Gasteiger partial charge in [-0.1, -0.05) is 32.4 Å².